The molecule has 2 amide bonds. The summed E-state index contributed by atoms with van der Waals surface area (Å²) < 4.78 is 10.6. The molecule has 1 aliphatic heterocycles. The van der Waals surface area contributed by atoms with Gasteiger partial charge in [-0.05, 0) is 31.2 Å². The molecule has 3 atom stereocenters. The van der Waals surface area contributed by atoms with Crippen molar-refractivity contribution < 1.29 is 24.2 Å². The topological polar surface area (TPSA) is 76.1 Å². The van der Waals surface area contributed by atoms with Crippen molar-refractivity contribution in [2.45, 2.75) is 95.8 Å². The first-order valence-corrected chi connectivity index (χ1v) is 11.8. The lowest BCUT2D eigenvalue weighted by Gasteiger charge is -2.24. The van der Waals surface area contributed by atoms with Gasteiger partial charge in [-0.25, -0.2) is 9.69 Å². The number of imide groups is 1. The van der Waals surface area contributed by atoms with Crippen molar-refractivity contribution in [1.82, 2.24) is 4.90 Å². The molecule has 6 nitrogen and oxygen atoms in total. The fraction of sp³-hybridized carbons (Fsp3) is 0.680. The Morgan fingerprint density at radius 1 is 1.10 bits per heavy atom. The molecule has 0 aromatic heterocycles. The van der Waals surface area contributed by atoms with E-state index in [9.17, 15) is 14.7 Å². The molecule has 31 heavy (non-hydrogen) atoms. The second kappa shape index (κ2) is 14.2. The molecule has 1 aromatic carbocycles. The van der Waals surface area contributed by atoms with Crippen molar-refractivity contribution in [2.75, 3.05) is 13.7 Å². The van der Waals surface area contributed by atoms with Gasteiger partial charge in [-0.2, -0.15) is 0 Å². The van der Waals surface area contributed by atoms with Gasteiger partial charge in [0.1, 0.15) is 12.7 Å². The molecule has 174 valence electrons. The Hall–Kier alpha value is -1.92. The van der Waals surface area contributed by atoms with E-state index in [0.717, 1.165) is 44.1 Å². The summed E-state index contributed by atoms with van der Waals surface area (Å²) in [7, 11) is 1.51. The van der Waals surface area contributed by atoms with Crippen molar-refractivity contribution in [3.63, 3.8) is 0 Å². The van der Waals surface area contributed by atoms with Crippen LogP contribution in [0.2, 0.25) is 0 Å². The summed E-state index contributed by atoms with van der Waals surface area (Å²) in [5.41, 5.74) is 1.06. The van der Waals surface area contributed by atoms with Gasteiger partial charge in [0.25, 0.3) is 5.91 Å². The monoisotopic (exact) mass is 433 g/mol. The van der Waals surface area contributed by atoms with Gasteiger partial charge in [0, 0.05) is 7.11 Å². The molecule has 0 radical (unpaired) electrons. The number of benzene rings is 1. The molecule has 1 aromatic rings. The van der Waals surface area contributed by atoms with Crippen LogP contribution >= 0.6 is 0 Å². The molecular formula is C25H39NO5. The van der Waals surface area contributed by atoms with Gasteiger partial charge < -0.3 is 14.6 Å². The molecule has 6 heteroatoms. The van der Waals surface area contributed by atoms with E-state index in [1.54, 1.807) is 0 Å². The Labute approximate surface area is 186 Å². The first kappa shape index (κ1) is 25.3. The van der Waals surface area contributed by atoms with Gasteiger partial charge in [0.05, 0.1) is 12.1 Å². The number of methoxy groups -OCH3 is 1. The number of aliphatic hydroxyl groups is 1. The number of carbonyl (C=O) groups is 2. The van der Waals surface area contributed by atoms with Gasteiger partial charge >= 0.3 is 6.09 Å². The standard InChI is InChI=1S/C25H39NO5/c1-3-4-5-10-15-22(27)16-11-7-12-17-23(30-2)24(28)26-21(19-31-25(26)29)18-20-13-8-6-9-14-20/h6,8-9,13-14,21-23,27H,3-5,7,10-12,15-19H2,1-2H3/t21-,22?,23?/m1/s1. The number of hydrogen-bond donors (Lipinski definition) is 1. The second-order valence-electron chi connectivity index (χ2n) is 8.49. The number of aliphatic hydroxyl groups excluding tert-OH is 1. The van der Waals surface area contributed by atoms with E-state index in [4.69, 9.17) is 9.47 Å². The third-order valence-corrected chi connectivity index (χ3v) is 5.97. The van der Waals surface area contributed by atoms with Gasteiger partial charge in [-0.1, -0.05) is 82.2 Å². The SMILES string of the molecule is CCCCCCC(O)CCCCCC(OC)C(=O)N1C(=O)OC[C@H]1Cc1ccccc1. The maximum absolute atomic E-state index is 13.0. The minimum absolute atomic E-state index is 0.214. The number of rotatable bonds is 15. The number of amides is 2. The van der Waals surface area contributed by atoms with Crippen LogP contribution in [0.3, 0.4) is 0 Å². The molecule has 1 N–H and O–H groups in total. The Bertz CT molecular complexity index is 651. The van der Waals surface area contributed by atoms with Crippen molar-refractivity contribution in [2.24, 2.45) is 0 Å². The molecule has 0 aliphatic carbocycles. The van der Waals surface area contributed by atoms with Gasteiger partial charge in [-0.15, -0.1) is 0 Å². The highest BCUT2D eigenvalue weighted by atomic mass is 16.6. The largest absolute Gasteiger partial charge is 0.447 e. The fourth-order valence-corrected chi connectivity index (χ4v) is 4.10. The molecule has 2 rings (SSSR count). The summed E-state index contributed by atoms with van der Waals surface area (Å²) in [5.74, 6) is -0.318. The normalized spacial score (nSPS) is 18.1. The summed E-state index contributed by atoms with van der Waals surface area (Å²) in [4.78, 5) is 26.4. The average molecular weight is 434 g/mol. The number of ether oxygens (including phenoxy) is 2. The fourth-order valence-electron chi connectivity index (χ4n) is 4.10. The highest BCUT2D eigenvalue weighted by Crippen LogP contribution is 2.21. The lowest BCUT2D eigenvalue weighted by Crippen LogP contribution is -2.46. The van der Waals surface area contributed by atoms with Crippen LogP contribution < -0.4 is 0 Å². The van der Waals surface area contributed by atoms with Crippen molar-refractivity contribution in [1.29, 1.82) is 0 Å². The summed E-state index contributed by atoms with van der Waals surface area (Å²) in [6, 6.07) is 9.49. The van der Waals surface area contributed by atoms with Crippen LogP contribution in [0, 0.1) is 0 Å². The summed E-state index contributed by atoms with van der Waals surface area (Å²) >= 11 is 0. The molecule has 1 aliphatic rings. The number of nitrogens with zero attached hydrogens (tertiary/aromatic N) is 1. The lowest BCUT2D eigenvalue weighted by molar-refractivity contribution is -0.140. The summed E-state index contributed by atoms with van der Waals surface area (Å²) in [5, 5.41) is 10.1. The summed E-state index contributed by atoms with van der Waals surface area (Å²) in [6.07, 6.45) is 8.74. The van der Waals surface area contributed by atoms with Gasteiger partial charge in [-0.3, -0.25) is 4.79 Å². The van der Waals surface area contributed by atoms with E-state index in [-0.39, 0.29) is 24.7 Å². The predicted octanol–water partition coefficient (Wildman–Crippen LogP) is 4.87. The van der Waals surface area contributed by atoms with Crippen molar-refractivity contribution >= 4 is 12.0 Å². The number of unbranched alkanes of at least 4 members (excludes halogenated alkanes) is 5. The van der Waals surface area contributed by atoms with Crippen LogP contribution in [0.5, 0.6) is 0 Å². The molecule has 0 bridgehead atoms. The first-order valence-electron chi connectivity index (χ1n) is 11.8. The van der Waals surface area contributed by atoms with E-state index in [1.165, 1.54) is 31.3 Å². The Morgan fingerprint density at radius 3 is 2.39 bits per heavy atom. The minimum Gasteiger partial charge on any atom is -0.447 e. The smallest absolute Gasteiger partial charge is 0.417 e. The van der Waals surface area contributed by atoms with E-state index in [2.05, 4.69) is 6.92 Å². The number of hydrogen-bond acceptors (Lipinski definition) is 5. The van der Waals surface area contributed by atoms with E-state index in [1.807, 2.05) is 30.3 Å². The Balaban J connectivity index is 1.74. The van der Waals surface area contributed by atoms with Crippen LogP contribution in [-0.2, 0) is 20.7 Å². The van der Waals surface area contributed by atoms with Crippen molar-refractivity contribution in [3.05, 3.63) is 35.9 Å². The maximum Gasteiger partial charge on any atom is 0.417 e. The number of carbonyl (C=O) groups excluding carboxylic acids is 2. The van der Waals surface area contributed by atoms with E-state index in [0.29, 0.717) is 12.8 Å². The second-order valence-corrected chi connectivity index (χ2v) is 8.49. The quantitative estimate of drug-likeness (QED) is 0.399. The van der Waals surface area contributed by atoms with E-state index >= 15 is 0 Å². The Kier molecular flexibility index (Phi) is 11.6. The average Bonchev–Trinajstić information content (AvgIpc) is 3.14. The van der Waals surface area contributed by atoms with Crippen LogP contribution in [0.4, 0.5) is 4.79 Å². The molecule has 0 spiro atoms. The number of cyclic esters (lactones) is 1. The maximum atomic E-state index is 13.0. The Morgan fingerprint density at radius 2 is 1.74 bits per heavy atom. The highest BCUT2D eigenvalue weighted by Gasteiger charge is 2.40. The van der Waals surface area contributed by atoms with Crippen molar-refractivity contribution in [3.8, 4) is 0 Å². The summed E-state index contributed by atoms with van der Waals surface area (Å²) in [6.45, 7) is 2.40. The van der Waals surface area contributed by atoms with Crippen LogP contribution in [0.15, 0.2) is 30.3 Å². The van der Waals surface area contributed by atoms with Gasteiger partial charge in [0.2, 0.25) is 0 Å². The third-order valence-electron chi connectivity index (χ3n) is 5.97. The molecule has 1 saturated heterocycles. The lowest BCUT2D eigenvalue weighted by atomic mass is 10.0. The molecule has 1 fully saturated rings. The van der Waals surface area contributed by atoms with Gasteiger partial charge in [0.15, 0.2) is 0 Å². The first-order chi connectivity index (χ1) is 15.1. The molecular weight excluding hydrogens is 394 g/mol. The molecule has 2 unspecified atom stereocenters. The zero-order valence-corrected chi connectivity index (χ0v) is 19.1. The molecule has 0 saturated carbocycles. The van der Waals surface area contributed by atoms with Crippen LogP contribution in [0.25, 0.3) is 0 Å². The van der Waals surface area contributed by atoms with Crippen LogP contribution in [-0.4, -0.2) is 54.0 Å². The third kappa shape index (κ3) is 8.62. The molecule has 1 heterocycles. The van der Waals surface area contributed by atoms with E-state index < -0.39 is 12.2 Å². The zero-order chi connectivity index (χ0) is 22.5. The van der Waals surface area contributed by atoms with Crippen LogP contribution in [0.1, 0.15) is 76.7 Å². The highest BCUT2D eigenvalue weighted by molar-refractivity contribution is 5.96. The minimum atomic E-state index is -0.650. The zero-order valence-electron chi connectivity index (χ0n) is 19.1. The predicted molar refractivity (Wildman–Crippen MR) is 121 cm³/mol.